The minimum atomic E-state index is -0.441. The van der Waals surface area contributed by atoms with Crippen LogP contribution in [0.3, 0.4) is 0 Å². The van der Waals surface area contributed by atoms with Crippen molar-refractivity contribution in [1.82, 2.24) is 14.8 Å². The minimum absolute atomic E-state index is 0.0850. The van der Waals surface area contributed by atoms with E-state index in [1.807, 2.05) is 141 Å². The van der Waals surface area contributed by atoms with E-state index in [9.17, 15) is 9.59 Å². The van der Waals surface area contributed by atoms with Gasteiger partial charge < -0.3 is 38.2 Å². The van der Waals surface area contributed by atoms with E-state index < -0.39 is 12.2 Å². The van der Waals surface area contributed by atoms with Crippen molar-refractivity contribution < 1.29 is 38.0 Å². The van der Waals surface area contributed by atoms with Crippen molar-refractivity contribution >= 4 is 23.6 Å². The smallest absolute Gasteiger partial charge is 0.410 e. The van der Waals surface area contributed by atoms with Crippen LogP contribution in [0.1, 0.15) is 33.4 Å². The molecule has 0 fully saturated rings. The SMILES string of the molecule is COc1cccc(CN(Cc2ccc(N(C)C)cc2)C(=O)OCCOCc2cncc(COCCOC(=O)N(Cc3ccc(N(C)C)cc3)Cc3cccc(OC)c3)c2)c1. The Morgan fingerprint density at radius 2 is 0.883 bits per heavy atom. The first-order chi connectivity index (χ1) is 29.1. The van der Waals surface area contributed by atoms with Gasteiger partial charge >= 0.3 is 12.2 Å². The van der Waals surface area contributed by atoms with E-state index in [1.165, 1.54) is 0 Å². The number of anilines is 2. The van der Waals surface area contributed by atoms with Gasteiger partial charge in [-0.05, 0) is 88.0 Å². The highest BCUT2D eigenvalue weighted by Gasteiger charge is 2.19. The summed E-state index contributed by atoms with van der Waals surface area (Å²) in [5.74, 6) is 1.44. The molecule has 0 aliphatic heterocycles. The quantitative estimate of drug-likeness (QED) is 0.0634. The summed E-state index contributed by atoms with van der Waals surface area (Å²) in [4.78, 5) is 38.4. The van der Waals surface area contributed by atoms with Crippen molar-refractivity contribution in [3.63, 3.8) is 0 Å². The summed E-state index contributed by atoms with van der Waals surface area (Å²) < 4.78 is 33.8. The van der Waals surface area contributed by atoms with E-state index >= 15 is 0 Å². The molecule has 0 radical (unpaired) electrons. The topological polar surface area (TPSA) is 115 Å². The van der Waals surface area contributed by atoms with E-state index in [0.29, 0.717) is 26.2 Å². The van der Waals surface area contributed by atoms with Gasteiger partial charge in [0, 0.05) is 78.1 Å². The Kier molecular flexibility index (Phi) is 17.4. The van der Waals surface area contributed by atoms with Crippen molar-refractivity contribution in [3.8, 4) is 11.5 Å². The summed E-state index contributed by atoms with van der Waals surface area (Å²) in [6.07, 6.45) is 2.56. The van der Waals surface area contributed by atoms with Gasteiger partial charge in [-0.15, -0.1) is 0 Å². The van der Waals surface area contributed by atoms with Crippen LogP contribution < -0.4 is 19.3 Å². The van der Waals surface area contributed by atoms with Gasteiger partial charge in [-0.25, -0.2) is 9.59 Å². The van der Waals surface area contributed by atoms with Crippen LogP contribution in [0.5, 0.6) is 11.5 Å². The number of benzene rings is 4. The van der Waals surface area contributed by atoms with E-state index in [2.05, 4.69) is 4.98 Å². The molecule has 0 N–H and O–H groups in total. The number of carbonyl (C=O) groups excluding carboxylic acids is 2. The highest BCUT2D eigenvalue weighted by atomic mass is 16.6. The molecule has 0 saturated carbocycles. The van der Waals surface area contributed by atoms with Crippen LogP contribution in [0.2, 0.25) is 0 Å². The van der Waals surface area contributed by atoms with Crippen molar-refractivity contribution in [1.29, 1.82) is 0 Å². The van der Waals surface area contributed by atoms with Crippen LogP contribution in [0.4, 0.5) is 21.0 Å². The molecular formula is C47H57N5O8. The molecule has 1 aromatic heterocycles. The molecule has 0 aliphatic carbocycles. The summed E-state index contributed by atoms with van der Waals surface area (Å²) in [6.45, 7) is 2.60. The molecule has 0 unspecified atom stereocenters. The molecule has 2 amide bonds. The second kappa shape index (κ2) is 23.3. The van der Waals surface area contributed by atoms with Gasteiger partial charge in [0.2, 0.25) is 0 Å². The Morgan fingerprint density at radius 1 is 0.483 bits per heavy atom. The zero-order valence-corrected chi connectivity index (χ0v) is 35.5. The van der Waals surface area contributed by atoms with Crippen LogP contribution in [0.15, 0.2) is 116 Å². The second-order valence-electron chi connectivity index (χ2n) is 14.6. The number of amides is 2. The monoisotopic (exact) mass is 819 g/mol. The molecule has 60 heavy (non-hydrogen) atoms. The van der Waals surface area contributed by atoms with Crippen LogP contribution >= 0.6 is 0 Å². The summed E-state index contributed by atoms with van der Waals surface area (Å²) in [5.41, 5.74) is 7.67. The van der Waals surface area contributed by atoms with Crippen molar-refractivity contribution in [3.05, 3.63) is 149 Å². The highest BCUT2D eigenvalue weighted by Crippen LogP contribution is 2.21. The third kappa shape index (κ3) is 14.5. The minimum Gasteiger partial charge on any atom is -0.497 e. The Morgan fingerprint density at radius 3 is 1.27 bits per heavy atom. The second-order valence-corrected chi connectivity index (χ2v) is 14.6. The third-order valence-electron chi connectivity index (χ3n) is 9.48. The maximum atomic E-state index is 13.3. The van der Waals surface area contributed by atoms with Gasteiger partial charge in [0.05, 0.1) is 40.6 Å². The number of rotatable bonds is 22. The highest BCUT2D eigenvalue weighted by molar-refractivity contribution is 5.68. The molecule has 0 atom stereocenters. The van der Waals surface area contributed by atoms with Crippen molar-refractivity contribution in [2.45, 2.75) is 39.4 Å². The summed E-state index contributed by atoms with van der Waals surface area (Å²) >= 11 is 0. The normalized spacial score (nSPS) is 10.8. The van der Waals surface area contributed by atoms with Gasteiger partial charge in [0.25, 0.3) is 0 Å². The van der Waals surface area contributed by atoms with Crippen molar-refractivity contribution in [2.24, 2.45) is 0 Å². The van der Waals surface area contributed by atoms with Gasteiger partial charge in [-0.2, -0.15) is 0 Å². The number of ether oxygens (including phenoxy) is 6. The average Bonchev–Trinajstić information content (AvgIpc) is 3.26. The molecule has 13 heteroatoms. The first-order valence-electron chi connectivity index (χ1n) is 19.8. The number of aromatic nitrogens is 1. The van der Waals surface area contributed by atoms with Gasteiger partial charge in [0.15, 0.2) is 0 Å². The number of hydrogen-bond acceptors (Lipinski definition) is 11. The van der Waals surface area contributed by atoms with Crippen LogP contribution in [-0.2, 0) is 58.3 Å². The van der Waals surface area contributed by atoms with E-state index in [0.717, 1.165) is 56.3 Å². The maximum Gasteiger partial charge on any atom is 0.410 e. The Labute approximate surface area is 353 Å². The molecule has 0 spiro atoms. The number of hydrogen-bond donors (Lipinski definition) is 0. The van der Waals surface area contributed by atoms with Crippen molar-refractivity contribution in [2.75, 3.05) is 78.6 Å². The summed E-state index contributed by atoms with van der Waals surface area (Å²) in [7, 11) is 11.2. The molecular weight excluding hydrogens is 763 g/mol. The third-order valence-corrected chi connectivity index (χ3v) is 9.48. The zero-order valence-electron chi connectivity index (χ0n) is 35.5. The van der Waals surface area contributed by atoms with E-state index in [1.54, 1.807) is 36.4 Å². The molecule has 0 aliphatic rings. The lowest BCUT2D eigenvalue weighted by Crippen LogP contribution is -2.31. The lowest BCUT2D eigenvalue weighted by molar-refractivity contribution is 0.0451. The van der Waals surface area contributed by atoms with Gasteiger partial charge in [0.1, 0.15) is 24.7 Å². The average molecular weight is 820 g/mol. The number of nitrogens with zero attached hydrogens (tertiary/aromatic N) is 5. The molecule has 1 heterocycles. The molecule has 5 rings (SSSR count). The summed E-state index contributed by atoms with van der Waals surface area (Å²) in [5, 5.41) is 0. The van der Waals surface area contributed by atoms with E-state index in [4.69, 9.17) is 28.4 Å². The Balaban J connectivity index is 1.05. The Bertz CT molecular complexity index is 1930. The standard InChI is InChI=1S/C47H57N5O8/c1-49(2)42-17-13-36(14-18-42)30-51(32-38-9-7-11-44(26-38)55-5)46(53)59-23-21-57-34-40-25-41(29-48-28-40)35-58-22-24-60-47(54)52(33-39-10-8-12-45(27-39)56-6)31-37-15-19-43(20-16-37)50(3)4/h7-20,25-29H,21-24,30-35H2,1-6H3. The molecule has 318 valence electrons. The molecule has 0 saturated heterocycles. The first kappa shape index (κ1) is 44.8. The molecule has 4 aromatic carbocycles. The fourth-order valence-corrected chi connectivity index (χ4v) is 6.23. The molecule has 0 bridgehead atoms. The van der Waals surface area contributed by atoms with Gasteiger partial charge in [-0.3, -0.25) is 14.8 Å². The summed E-state index contributed by atoms with van der Waals surface area (Å²) in [6, 6.07) is 33.4. The lowest BCUT2D eigenvalue weighted by atomic mass is 10.1. The van der Waals surface area contributed by atoms with Crippen LogP contribution in [0, 0.1) is 0 Å². The Hall–Kier alpha value is -6.31. The number of carbonyl (C=O) groups is 2. The fraction of sp³-hybridized carbons (Fsp3) is 0.340. The predicted octanol–water partition coefficient (Wildman–Crippen LogP) is 7.94. The molecule has 13 nitrogen and oxygen atoms in total. The fourth-order valence-electron chi connectivity index (χ4n) is 6.23. The predicted molar refractivity (Wildman–Crippen MR) is 232 cm³/mol. The maximum absolute atomic E-state index is 13.3. The van der Waals surface area contributed by atoms with E-state index in [-0.39, 0.29) is 39.6 Å². The van der Waals surface area contributed by atoms with Crippen LogP contribution in [-0.4, -0.2) is 95.8 Å². The van der Waals surface area contributed by atoms with Crippen LogP contribution in [0.25, 0.3) is 0 Å². The molecule has 5 aromatic rings. The number of pyridine rings is 1. The lowest BCUT2D eigenvalue weighted by Gasteiger charge is -2.23. The zero-order chi connectivity index (χ0) is 42.7. The number of methoxy groups -OCH3 is 2. The first-order valence-corrected chi connectivity index (χ1v) is 19.8. The van der Waals surface area contributed by atoms with Gasteiger partial charge in [-0.1, -0.05) is 48.5 Å². The largest absolute Gasteiger partial charge is 0.497 e.